The molecule has 0 radical (unpaired) electrons. The van der Waals surface area contributed by atoms with Crippen LogP contribution < -0.4 is 5.30 Å². The van der Waals surface area contributed by atoms with Gasteiger partial charge in [0.05, 0.1) is 9.77 Å². The minimum Gasteiger partial charge on any atom is -0.0620 e. The van der Waals surface area contributed by atoms with E-state index in [1.807, 2.05) is 0 Å². The highest BCUT2D eigenvalue weighted by atomic mass is 35.7. The molecule has 0 aliphatic carbocycles. The van der Waals surface area contributed by atoms with Crippen LogP contribution in [0, 0.1) is 0 Å². The van der Waals surface area contributed by atoms with Gasteiger partial charge in [-0.1, -0.05) is 18.2 Å². The van der Waals surface area contributed by atoms with Crippen LogP contribution >= 0.6 is 18.2 Å². The Kier molecular flexibility index (Phi) is 3.57. The Morgan fingerprint density at radius 2 is 1.57 bits per heavy atom. The summed E-state index contributed by atoms with van der Waals surface area (Å²) >= 11 is 5.94. The molecule has 8 heteroatoms. The average molecular weight is 228 g/mol. The van der Waals surface area contributed by atoms with Crippen molar-refractivity contribution in [1.82, 2.24) is 0 Å². The van der Waals surface area contributed by atoms with Crippen LogP contribution in [0.5, 0.6) is 0 Å². The second-order valence-corrected chi connectivity index (χ2v) is 5.56. The number of halogens is 1. The van der Waals surface area contributed by atoms with Gasteiger partial charge in [-0.05, 0) is 23.2 Å². The van der Waals surface area contributed by atoms with Crippen LogP contribution in [0.4, 0.5) is 0 Å². The standard InChI is InChI=1S/C6H5ClN6P/c7-14(12-10-8,13-11-9)6-4-2-1-3-5-6/h1-5H/q+1. The van der Waals surface area contributed by atoms with Crippen molar-refractivity contribution >= 4 is 23.5 Å². The smallest absolute Gasteiger partial charge is 0.0620 e. The van der Waals surface area contributed by atoms with Gasteiger partial charge in [-0.15, -0.1) is 0 Å². The summed E-state index contributed by atoms with van der Waals surface area (Å²) < 4.78 is 0. The van der Waals surface area contributed by atoms with Crippen LogP contribution in [-0.2, 0) is 0 Å². The molecule has 1 aromatic carbocycles. The first kappa shape index (κ1) is 10.6. The molecule has 0 aliphatic heterocycles. The lowest BCUT2D eigenvalue weighted by atomic mass is 10.4. The molecule has 0 atom stereocenters. The molecular weight excluding hydrogens is 223 g/mol. The first-order valence-electron chi connectivity index (χ1n) is 3.50. The molecule has 6 nitrogen and oxygen atoms in total. The fourth-order valence-corrected chi connectivity index (χ4v) is 2.37. The third-order valence-corrected chi connectivity index (χ3v) is 3.98. The van der Waals surface area contributed by atoms with Gasteiger partial charge in [0.15, 0.2) is 0 Å². The molecule has 0 bridgehead atoms. The molecule has 0 amide bonds. The van der Waals surface area contributed by atoms with E-state index in [1.165, 1.54) is 0 Å². The summed E-state index contributed by atoms with van der Waals surface area (Å²) in [6.07, 6.45) is 0. The number of hydrogen-bond acceptors (Lipinski definition) is 2. The van der Waals surface area contributed by atoms with E-state index < -0.39 is 6.92 Å². The second kappa shape index (κ2) is 4.70. The minimum absolute atomic E-state index is 0.539. The van der Waals surface area contributed by atoms with Crippen LogP contribution in [-0.4, -0.2) is 0 Å². The van der Waals surface area contributed by atoms with Gasteiger partial charge in [0.2, 0.25) is 0 Å². The van der Waals surface area contributed by atoms with Crippen LogP contribution in [0.2, 0.25) is 0 Å². The predicted octanol–water partition coefficient (Wildman–Crippen LogP) is 3.93. The minimum atomic E-state index is -2.93. The monoisotopic (exact) mass is 227 g/mol. The number of nitrogens with zero attached hydrogens (tertiary/aromatic N) is 6. The molecule has 0 spiro atoms. The van der Waals surface area contributed by atoms with Crippen LogP contribution in [0.1, 0.15) is 0 Å². The average Bonchev–Trinajstić information content (AvgIpc) is 2.20. The van der Waals surface area contributed by atoms with Crippen molar-refractivity contribution in [3.63, 3.8) is 0 Å². The molecule has 0 fully saturated rings. The SMILES string of the molecule is [N-]=[N+]=N[P+](Cl)(N=[N+]=[N-])c1ccccc1. The van der Waals surface area contributed by atoms with Crippen molar-refractivity contribution < 1.29 is 0 Å². The highest BCUT2D eigenvalue weighted by Crippen LogP contribution is 2.66. The quantitative estimate of drug-likeness (QED) is 0.323. The number of azide groups is 1. The Hall–Kier alpha value is -1.44. The van der Waals surface area contributed by atoms with Gasteiger partial charge < -0.3 is 0 Å². The van der Waals surface area contributed by atoms with E-state index in [-0.39, 0.29) is 0 Å². The summed E-state index contributed by atoms with van der Waals surface area (Å²) in [5, 5.41) is 0.539. The van der Waals surface area contributed by atoms with Gasteiger partial charge >= 0.3 is 6.92 Å². The summed E-state index contributed by atoms with van der Waals surface area (Å²) in [5.74, 6) is 0. The number of benzene rings is 1. The summed E-state index contributed by atoms with van der Waals surface area (Å²) in [5.41, 5.74) is 16.6. The van der Waals surface area contributed by atoms with Crippen molar-refractivity contribution in [2.24, 2.45) is 9.77 Å². The molecule has 0 saturated carbocycles. The van der Waals surface area contributed by atoms with E-state index in [4.69, 9.17) is 22.3 Å². The van der Waals surface area contributed by atoms with E-state index in [0.29, 0.717) is 5.30 Å². The van der Waals surface area contributed by atoms with Crippen molar-refractivity contribution in [2.45, 2.75) is 0 Å². The zero-order valence-corrected chi connectivity index (χ0v) is 8.55. The highest BCUT2D eigenvalue weighted by Gasteiger charge is 2.40. The summed E-state index contributed by atoms with van der Waals surface area (Å²) in [6.45, 7) is -2.93. The van der Waals surface area contributed by atoms with Crippen molar-refractivity contribution in [2.75, 3.05) is 0 Å². The topological polar surface area (TPSA) is 97.5 Å². The lowest BCUT2D eigenvalue weighted by molar-refractivity contribution is 1.61. The Labute approximate surface area is 85.0 Å². The molecule has 0 aromatic heterocycles. The van der Waals surface area contributed by atoms with Gasteiger partial charge in [0.1, 0.15) is 16.5 Å². The van der Waals surface area contributed by atoms with Crippen molar-refractivity contribution in [1.29, 1.82) is 0 Å². The van der Waals surface area contributed by atoms with E-state index in [2.05, 4.69) is 19.6 Å². The normalized spacial score (nSPS) is 13.2. The molecule has 0 aliphatic rings. The number of rotatable bonds is 3. The fourth-order valence-electron chi connectivity index (χ4n) is 0.845. The first-order chi connectivity index (χ1) is 6.73. The van der Waals surface area contributed by atoms with E-state index in [9.17, 15) is 0 Å². The maximum atomic E-state index is 8.31. The fraction of sp³-hybridized carbons (Fsp3) is 0. The lowest BCUT2D eigenvalue weighted by Gasteiger charge is -2.01. The second-order valence-electron chi connectivity index (χ2n) is 2.22. The molecule has 1 aromatic rings. The Morgan fingerprint density at radius 1 is 1.07 bits per heavy atom. The van der Waals surface area contributed by atoms with Gasteiger partial charge in [0, 0.05) is 9.82 Å². The Balaban J connectivity index is 3.25. The van der Waals surface area contributed by atoms with E-state index in [1.54, 1.807) is 30.3 Å². The molecule has 0 N–H and O–H groups in total. The van der Waals surface area contributed by atoms with Gasteiger partial charge in [-0.3, -0.25) is 0 Å². The molecule has 1 rings (SSSR count). The summed E-state index contributed by atoms with van der Waals surface area (Å²) in [6, 6.07) is 8.56. The lowest BCUT2D eigenvalue weighted by Crippen LogP contribution is -2.00. The zero-order chi connectivity index (χ0) is 10.4. The van der Waals surface area contributed by atoms with Crippen LogP contribution in [0.15, 0.2) is 40.1 Å². The zero-order valence-electron chi connectivity index (χ0n) is 6.90. The van der Waals surface area contributed by atoms with Crippen molar-refractivity contribution in [3.05, 3.63) is 51.2 Å². The third-order valence-electron chi connectivity index (χ3n) is 1.40. The first-order valence-corrected chi connectivity index (χ1v) is 6.10. The molecule has 0 unspecified atom stereocenters. The Morgan fingerprint density at radius 3 is 2.00 bits per heavy atom. The van der Waals surface area contributed by atoms with E-state index >= 15 is 0 Å². The summed E-state index contributed by atoms with van der Waals surface area (Å²) in [7, 11) is 0. The molecule has 14 heavy (non-hydrogen) atoms. The largest absolute Gasteiger partial charge is 0.365 e. The molecule has 70 valence electrons. The molecule has 0 heterocycles. The van der Waals surface area contributed by atoms with Gasteiger partial charge in [-0.25, -0.2) is 0 Å². The van der Waals surface area contributed by atoms with E-state index in [0.717, 1.165) is 0 Å². The predicted molar refractivity (Wildman–Crippen MR) is 57.1 cm³/mol. The summed E-state index contributed by atoms with van der Waals surface area (Å²) in [4.78, 5) is 11.9. The third kappa shape index (κ3) is 2.28. The number of hydrogen-bond donors (Lipinski definition) is 0. The Bertz CT molecular complexity index is 390. The molecular formula is C6H5ClN6P+. The van der Waals surface area contributed by atoms with Gasteiger partial charge in [-0.2, -0.15) is 0 Å². The maximum absolute atomic E-state index is 8.31. The highest BCUT2D eigenvalue weighted by molar-refractivity contribution is 8.02. The van der Waals surface area contributed by atoms with Crippen molar-refractivity contribution in [3.8, 4) is 0 Å². The van der Waals surface area contributed by atoms with Crippen LogP contribution in [0.25, 0.3) is 20.9 Å². The van der Waals surface area contributed by atoms with Crippen LogP contribution in [0.3, 0.4) is 0 Å². The molecule has 0 saturated heterocycles. The maximum Gasteiger partial charge on any atom is 0.365 e. The van der Waals surface area contributed by atoms with Gasteiger partial charge in [0.25, 0.3) is 0 Å².